The molecule has 0 bridgehead atoms. The Morgan fingerprint density at radius 3 is 2.43 bits per heavy atom. The standard InChI is InChI=1S/C23H22Cl2N2O3/c1-15-8-9-18(12-19(15)24)26-13-16-10-20(25)23(21(11-16)29-2)30-14-22(28)27-17-6-4-3-5-7-17/h3-12,26H,13-14H2,1-2H3,(H,27,28). The number of amides is 1. The Balaban J connectivity index is 1.64. The van der Waals surface area contributed by atoms with Gasteiger partial charge in [-0.25, -0.2) is 0 Å². The summed E-state index contributed by atoms with van der Waals surface area (Å²) in [6.45, 7) is 2.28. The molecule has 0 saturated carbocycles. The van der Waals surface area contributed by atoms with Crippen molar-refractivity contribution in [3.8, 4) is 11.5 Å². The maximum Gasteiger partial charge on any atom is 0.262 e. The highest BCUT2D eigenvalue weighted by atomic mass is 35.5. The van der Waals surface area contributed by atoms with Gasteiger partial charge in [0.25, 0.3) is 5.91 Å². The molecule has 1 amide bonds. The number of rotatable bonds is 8. The van der Waals surface area contributed by atoms with Crippen LogP contribution in [0.5, 0.6) is 11.5 Å². The fourth-order valence-corrected chi connectivity index (χ4v) is 3.25. The van der Waals surface area contributed by atoms with E-state index in [1.165, 1.54) is 7.11 Å². The number of hydrogen-bond acceptors (Lipinski definition) is 4. The minimum absolute atomic E-state index is 0.190. The van der Waals surface area contributed by atoms with Crippen LogP contribution in [0.4, 0.5) is 11.4 Å². The third kappa shape index (κ3) is 5.81. The van der Waals surface area contributed by atoms with Crippen LogP contribution in [0.1, 0.15) is 11.1 Å². The van der Waals surface area contributed by atoms with Crippen LogP contribution < -0.4 is 20.1 Å². The third-order valence-corrected chi connectivity index (χ3v) is 5.05. The number of hydrogen-bond donors (Lipinski definition) is 2. The monoisotopic (exact) mass is 444 g/mol. The summed E-state index contributed by atoms with van der Waals surface area (Å²) >= 11 is 12.6. The van der Waals surface area contributed by atoms with Crippen molar-refractivity contribution in [1.29, 1.82) is 0 Å². The number of para-hydroxylation sites is 1. The van der Waals surface area contributed by atoms with Crippen molar-refractivity contribution < 1.29 is 14.3 Å². The Hall–Kier alpha value is -2.89. The highest BCUT2D eigenvalue weighted by molar-refractivity contribution is 6.32. The molecule has 2 N–H and O–H groups in total. The minimum Gasteiger partial charge on any atom is -0.493 e. The molecule has 0 saturated heterocycles. The van der Waals surface area contributed by atoms with Gasteiger partial charge in [0, 0.05) is 22.9 Å². The summed E-state index contributed by atoms with van der Waals surface area (Å²) < 4.78 is 11.0. The number of benzene rings is 3. The molecule has 0 aliphatic rings. The second kappa shape index (κ2) is 10.2. The van der Waals surface area contributed by atoms with Gasteiger partial charge < -0.3 is 20.1 Å². The summed E-state index contributed by atoms with van der Waals surface area (Å²) in [5.41, 5.74) is 3.51. The lowest BCUT2D eigenvalue weighted by Crippen LogP contribution is -2.20. The molecule has 0 atom stereocenters. The smallest absolute Gasteiger partial charge is 0.262 e. The maximum absolute atomic E-state index is 12.1. The molecule has 3 rings (SSSR count). The molecule has 0 fully saturated rings. The number of ether oxygens (including phenoxy) is 2. The molecule has 0 aliphatic carbocycles. The quantitative estimate of drug-likeness (QED) is 0.451. The number of methoxy groups -OCH3 is 1. The lowest BCUT2D eigenvalue weighted by molar-refractivity contribution is -0.118. The first kappa shape index (κ1) is 21.8. The van der Waals surface area contributed by atoms with E-state index in [0.29, 0.717) is 33.8 Å². The molecular weight excluding hydrogens is 423 g/mol. The fourth-order valence-electron chi connectivity index (χ4n) is 2.78. The summed E-state index contributed by atoms with van der Waals surface area (Å²) in [4.78, 5) is 12.1. The van der Waals surface area contributed by atoms with Crippen molar-refractivity contribution in [1.82, 2.24) is 0 Å². The average Bonchev–Trinajstić information content (AvgIpc) is 2.74. The zero-order valence-electron chi connectivity index (χ0n) is 16.7. The minimum atomic E-state index is -0.290. The highest BCUT2D eigenvalue weighted by Gasteiger charge is 2.14. The van der Waals surface area contributed by atoms with Gasteiger partial charge in [-0.3, -0.25) is 4.79 Å². The fraction of sp³-hybridized carbons (Fsp3) is 0.174. The number of nitrogens with one attached hydrogen (secondary N) is 2. The second-order valence-corrected chi connectivity index (χ2v) is 7.44. The van der Waals surface area contributed by atoms with Crippen LogP contribution in [0.2, 0.25) is 10.0 Å². The van der Waals surface area contributed by atoms with Gasteiger partial charge in [-0.2, -0.15) is 0 Å². The summed E-state index contributed by atoms with van der Waals surface area (Å²) in [6.07, 6.45) is 0. The lowest BCUT2D eigenvalue weighted by atomic mass is 10.1. The Morgan fingerprint density at radius 2 is 1.73 bits per heavy atom. The summed E-state index contributed by atoms with van der Waals surface area (Å²) in [5.74, 6) is 0.486. The van der Waals surface area contributed by atoms with Crippen LogP contribution in [0, 0.1) is 6.92 Å². The van der Waals surface area contributed by atoms with Gasteiger partial charge in [-0.1, -0.05) is 47.5 Å². The number of carbonyl (C=O) groups excluding carboxylic acids is 1. The molecular formula is C23H22Cl2N2O3. The van der Waals surface area contributed by atoms with E-state index in [1.807, 2.05) is 49.4 Å². The Morgan fingerprint density at radius 1 is 0.967 bits per heavy atom. The first-order valence-electron chi connectivity index (χ1n) is 9.30. The number of aryl methyl sites for hydroxylation is 1. The SMILES string of the molecule is COc1cc(CNc2ccc(C)c(Cl)c2)cc(Cl)c1OCC(=O)Nc1ccccc1. The number of anilines is 2. The van der Waals surface area contributed by atoms with E-state index in [4.69, 9.17) is 32.7 Å². The molecule has 0 unspecified atom stereocenters. The van der Waals surface area contributed by atoms with Gasteiger partial charge in [0.15, 0.2) is 18.1 Å². The third-order valence-electron chi connectivity index (χ3n) is 4.36. The predicted molar refractivity (Wildman–Crippen MR) is 122 cm³/mol. The lowest BCUT2D eigenvalue weighted by Gasteiger charge is -2.15. The van der Waals surface area contributed by atoms with Gasteiger partial charge in [0.05, 0.1) is 12.1 Å². The van der Waals surface area contributed by atoms with E-state index in [9.17, 15) is 4.79 Å². The first-order valence-corrected chi connectivity index (χ1v) is 10.1. The van der Waals surface area contributed by atoms with E-state index in [0.717, 1.165) is 16.8 Å². The first-order chi connectivity index (χ1) is 14.5. The van der Waals surface area contributed by atoms with Crippen LogP contribution in [0.3, 0.4) is 0 Å². The molecule has 0 aliphatic heterocycles. The van der Waals surface area contributed by atoms with Crippen LogP contribution in [-0.2, 0) is 11.3 Å². The summed E-state index contributed by atoms with van der Waals surface area (Å²) in [7, 11) is 1.53. The zero-order valence-corrected chi connectivity index (χ0v) is 18.2. The Kier molecular flexibility index (Phi) is 7.44. The van der Waals surface area contributed by atoms with E-state index >= 15 is 0 Å². The van der Waals surface area contributed by atoms with E-state index in [2.05, 4.69) is 10.6 Å². The van der Waals surface area contributed by atoms with Crippen molar-refractivity contribution in [2.45, 2.75) is 13.5 Å². The molecule has 0 aromatic heterocycles. The average molecular weight is 445 g/mol. The van der Waals surface area contributed by atoms with Gasteiger partial charge in [-0.15, -0.1) is 0 Å². The van der Waals surface area contributed by atoms with Crippen LogP contribution >= 0.6 is 23.2 Å². The molecule has 0 radical (unpaired) electrons. The molecule has 0 spiro atoms. The molecule has 7 heteroatoms. The van der Waals surface area contributed by atoms with Crippen molar-refractivity contribution in [2.24, 2.45) is 0 Å². The van der Waals surface area contributed by atoms with Gasteiger partial charge in [-0.05, 0) is 54.4 Å². The molecule has 30 heavy (non-hydrogen) atoms. The van der Waals surface area contributed by atoms with Crippen LogP contribution in [0.25, 0.3) is 0 Å². The number of halogens is 2. The Bertz CT molecular complexity index is 1030. The largest absolute Gasteiger partial charge is 0.493 e. The van der Waals surface area contributed by atoms with Crippen LogP contribution in [-0.4, -0.2) is 19.6 Å². The summed E-state index contributed by atoms with van der Waals surface area (Å²) in [6, 6.07) is 18.5. The molecule has 3 aromatic rings. The maximum atomic E-state index is 12.1. The van der Waals surface area contributed by atoms with Crippen molar-refractivity contribution in [2.75, 3.05) is 24.4 Å². The molecule has 156 valence electrons. The molecule has 3 aromatic carbocycles. The Labute approximate surface area is 185 Å². The molecule has 5 nitrogen and oxygen atoms in total. The van der Waals surface area contributed by atoms with Gasteiger partial charge in [0.2, 0.25) is 0 Å². The van der Waals surface area contributed by atoms with Crippen molar-refractivity contribution >= 4 is 40.5 Å². The van der Waals surface area contributed by atoms with Gasteiger partial charge in [0.1, 0.15) is 0 Å². The predicted octanol–water partition coefficient (Wildman–Crippen LogP) is 5.94. The van der Waals surface area contributed by atoms with Crippen molar-refractivity contribution in [3.63, 3.8) is 0 Å². The number of carbonyl (C=O) groups is 1. The van der Waals surface area contributed by atoms with E-state index in [-0.39, 0.29) is 12.5 Å². The zero-order chi connectivity index (χ0) is 21.5. The highest BCUT2D eigenvalue weighted by Crippen LogP contribution is 2.36. The summed E-state index contributed by atoms with van der Waals surface area (Å²) in [5, 5.41) is 7.12. The van der Waals surface area contributed by atoms with E-state index < -0.39 is 0 Å². The van der Waals surface area contributed by atoms with Crippen LogP contribution in [0.15, 0.2) is 60.7 Å². The second-order valence-electron chi connectivity index (χ2n) is 6.63. The molecule has 0 heterocycles. The van der Waals surface area contributed by atoms with Gasteiger partial charge >= 0.3 is 0 Å². The van der Waals surface area contributed by atoms with Crippen molar-refractivity contribution in [3.05, 3.63) is 81.8 Å². The van der Waals surface area contributed by atoms with E-state index in [1.54, 1.807) is 18.2 Å². The topological polar surface area (TPSA) is 59.6 Å². The normalized spacial score (nSPS) is 10.4.